The van der Waals surface area contributed by atoms with Gasteiger partial charge < -0.3 is 25.3 Å². The van der Waals surface area contributed by atoms with Crippen LogP contribution in [0.25, 0.3) is 0 Å². The van der Waals surface area contributed by atoms with Crippen molar-refractivity contribution in [3.05, 3.63) is 23.8 Å². The Kier molecular flexibility index (Phi) is 5.44. The van der Waals surface area contributed by atoms with E-state index in [1.807, 2.05) is 12.1 Å². The Labute approximate surface area is 135 Å². The standard InChI is InChI=1S/C16H22N2O5/c1-21-12-5-3-11(7-13(12)22-2)4-6-15(20)18-16(8-14(17)19)9-23-10-16/h3,5,7H,4,6,8-10H2,1-2H3,(H2,17,19)(H,18,20). The minimum absolute atomic E-state index is 0.0924. The highest BCUT2D eigenvalue weighted by molar-refractivity contribution is 5.80. The van der Waals surface area contributed by atoms with Gasteiger partial charge in [0, 0.05) is 6.42 Å². The normalized spacial score (nSPS) is 15.4. The van der Waals surface area contributed by atoms with Gasteiger partial charge >= 0.3 is 0 Å². The minimum atomic E-state index is -0.638. The van der Waals surface area contributed by atoms with Gasteiger partial charge in [-0.15, -0.1) is 0 Å². The van der Waals surface area contributed by atoms with E-state index in [-0.39, 0.29) is 12.3 Å². The molecule has 0 aliphatic carbocycles. The molecule has 0 atom stereocenters. The number of ether oxygens (including phenoxy) is 3. The number of nitrogens with two attached hydrogens (primary N) is 1. The van der Waals surface area contributed by atoms with Crippen molar-refractivity contribution in [2.75, 3.05) is 27.4 Å². The number of rotatable bonds is 8. The van der Waals surface area contributed by atoms with Gasteiger partial charge in [-0.25, -0.2) is 0 Å². The molecule has 2 amide bonds. The zero-order valence-electron chi connectivity index (χ0n) is 13.4. The average Bonchev–Trinajstić information content (AvgIpc) is 2.49. The molecular formula is C16H22N2O5. The fourth-order valence-corrected chi connectivity index (χ4v) is 2.55. The lowest BCUT2D eigenvalue weighted by Crippen LogP contribution is -2.63. The highest BCUT2D eigenvalue weighted by Gasteiger charge is 2.41. The van der Waals surface area contributed by atoms with Crippen LogP contribution in [0.1, 0.15) is 18.4 Å². The van der Waals surface area contributed by atoms with Crippen LogP contribution in [0.2, 0.25) is 0 Å². The third-order valence-electron chi connectivity index (χ3n) is 3.76. The number of primary amides is 1. The largest absolute Gasteiger partial charge is 0.493 e. The second-order valence-corrected chi connectivity index (χ2v) is 5.65. The minimum Gasteiger partial charge on any atom is -0.493 e. The number of nitrogens with one attached hydrogen (secondary N) is 1. The van der Waals surface area contributed by atoms with Crippen molar-refractivity contribution < 1.29 is 23.8 Å². The zero-order chi connectivity index (χ0) is 16.9. The van der Waals surface area contributed by atoms with Gasteiger partial charge in [0.05, 0.1) is 39.4 Å². The van der Waals surface area contributed by atoms with E-state index in [4.69, 9.17) is 19.9 Å². The van der Waals surface area contributed by atoms with Crippen molar-refractivity contribution in [1.29, 1.82) is 0 Å². The molecule has 1 aliphatic rings. The van der Waals surface area contributed by atoms with E-state index >= 15 is 0 Å². The molecule has 1 aliphatic heterocycles. The molecule has 3 N–H and O–H groups in total. The molecule has 1 aromatic carbocycles. The Hall–Kier alpha value is -2.28. The van der Waals surface area contributed by atoms with Crippen LogP contribution in [0, 0.1) is 0 Å². The van der Waals surface area contributed by atoms with Crippen LogP contribution in [-0.4, -0.2) is 44.8 Å². The third kappa shape index (κ3) is 4.35. The van der Waals surface area contributed by atoms with E-state index in [1.54, 1.807) is 20.3 Å². The number of carbonyl (C=O) groups is 2. The second-order valence-electron chi connectivity index (χ2n) is 5.65. The summed E-state index contributed by atoms with van der Waals surface area (Å²) in [6.45, 7) is 0.635. The van der Waals surface area contributed by atoms with Crippen LogP contribution in [0.3, 0.4) is 0 Å². The first kappa shape index (κ1) is 17.1. The van der Waals surface area contributed by atoms with Crippen LogP contribution in [0.15, 0.2) is 18.2 Å². The van der Waals surface area contributed by atoms with Crippen molar-refractivity contribution in [1.82, 2.24) is 5.32 Å². The summed E-state index contributed by atoms with van der Waals surface area (Å²) < 4.78 is 15.5. The monoisotopic (exact) mass is 322 g/mol. The molecule has 7 heteroatoms. The number of amides is 2. The molecule has 2 rings (SSSR count). The molecule has 1 fully saturated rings. The van der Waals surface area contributed by atoms with Gasteiger partial charge in [0.2, 0.25) is 11.8 Å². The smallest absolute Gasteiger partial charge is 0.220 e. The molecule has 1 saturated heterocycles. The summed E-state index contributed by atoms with van der Waals surface area (Å²) in [5.41, 5.74) is 5.54. The summed E-state index contributed by atoms with van der Waals surface area (Å²) in [5, 5.41) is 2.86. The van der Waals surface area contributed by atoms with Crippen molar-refractivity contribution >= 4 is 11.8 Å². The summed E-state index contributed by atoms with van der Waals surface area (Å²) >= 11 is 0. The molecule has 23 heavy (non-hydrogen) atoms. The highest BCUT2D eigenvalue weighted by atomic mass is 16.5. The van der Waals surface area contributed by atoms with Crippen molar-refractivity contribution in [2.45, 2.75) is 24.8 Å². The summed E-state index contributed by atoms with van der Waals surface area (Å²) in [6, 6.07) is 5.54. The second kappa shape index (κ2) is 7.32. The van der Waals surface area contributed by atoms with E-state index < -0.39 is 11.4 Å². The lowest BCUT2D eigenvalue weighted by Gasteiger charge is -2.41. The number of hydrogen-bond donors (Lipinski definition) is 2. The molecule has 1 aromatic rings. The van der Waals surface area contributed by atoms with Crippen LogP contribution < -0.4 is 20.5 Å². The van der Waals surface area contributed by atoms with Gasteiger partial charge in [0.25, 0.3) is 0 Å². The SMILES string of the molecule is COc1ccc(CCC(=O)NC2(CC(N)=O)COC2)cc1OC. The zero-order valence-corrected chi connectivity index (χ0v) is 13.4. The predicted molar refractivity (Wildman–Crippen MR) is 83.4 cm³/mol. The molecular weight excluding hydrogens is 300 g/mol. The van der Waals surface area contributed by atoms with Gasteiger partial charge in [-0.1, -0.05) is 6.07 Å². The Morgan fingerprint density at radius 2 is 1.96 bits per heavy atom. The number of carbonyl (C=O) groups excluding carboxylic acids is 2. The van der Waals surface area contributed by atoms with Gasteiger partial charge in [0.1, 0.15) is 0 Å². The molecule has 0 aromatic heterocycles. The molecule has 0 unspecified atom stereocenters. The quantitative estimate of drug-likeness (QED) is 0.721. The number of hydrogen-bond acceptors (Lipinski definition) is 5. The van der Waals surface area contributed by atoms with Crippen LogP contribution in [0.4, 0.5) is 0 Å². The molecule has 0 spiro atoms. The number of aryl methyl sites for hydroxylation is 1. The lowest BCUT2D eigenvalue weighted by atomic mass is 9.92. The number of benzene rings is 1. The topological polar surface area (TPSA) is 99.9 Å². The molecule has 0 bridgehead atoms. The fraction of sp³-hybridized carbons (Fsp3) is 0.500. The third-order valence-corrected chi connectivity index (χ3v) is 3.76. The molecule has 0 radical (unpaired) electrons. The Morgan fingerprint density at radius 1 is 1.26 bits per heavy atom. The van der Waals surface area contributed by atoms with E-state index in [9.17, 15) is 9.59 Å². The first-order valence-corrected chi connectivity index (χ1v) is 7.36. The molecule has 7 nitrogen and oxygen atoms in total. The molecule has 0 saturated carbocycles. The number of methoxy groups -OCH3 is 2. The van der Waals surface area contributed by atoms with Crippen LogP contribution >= 0.6 is 0 Å². The maximum absolute atomic E-state index is 12.1. The Bertz CT molecular complexity index is 584. The fourth-order valence-electron chi connectivity index (χ4n) is 2.55. The van der Waals surface area contributed by atoms with E-state index in [0.29, 0.717) is 37.6 Å². The van der Waals surface area contributed by atoms with Gasteiger partial charge in [-0.2, -0.15) is 0 Å². The Morgan fingerprint density at radius 3 is 2.48 bits per heavy atom. The van der Waals surface area contributed by atoms with Crippen molar-refractivity contribution in [2.24, 2.45) is 5.73 Å². The maximum Gasteiger partial charge on any atom is 0.220 e. The molecule has 126 valence electrons. The van der Waals surface area contributed by atoms with E-state index in [1.165, 1.54) is 0 Å². The predicted octanol–water partition coefficient (Wildman–Crippen LogP) is 0.397. The highest BCUT2D eigenvalue weighted by Crippen LogP contribution is 2.28. The first-order chi connectivity index (χ1) is 11.0. The summed E-state index contributed by atoms with van der Waals surface area (Å²) in [7, 11) is 3.14. The Balaban J connectivity index is 1.90. The first-order valence-electron chi connectivity index (χ1n) is 7.36. The molecule has 1 heterocycles. The lowest BCUT2D eigenvalue weighted by molar-refractivity contribution is -0.138. The van der Waals surface area contributed by atoms with E-state index in [0.717, 1.165) is 5.56 Å². The summed E-state index contributed by atoms with van der Waals surface area (Å²) in [6.07, 6.45) is 0.949. The van der Waals surface area contributed by atoms with Gasteiger partial charge in [0.15, 0.2) is 11.5 Å². The summed E-state index contributed by atoms with van der Waals surface area (Å²) in [4.78, 5) is 23.2. The van der Waals surface area contributed by atoms with Crippen LogP contribution in [-0.2, 0) is 20.7 Å². The van der Waals surface area contributed by atoms with Gasteiger partial charge in [-0.3, -0.25) is 9.59 Å². The van der Waals surface area contributed by atoms with Gasteiger partial charge in [-0.05, 0) is 24.1 Å². The summed E-state index contributed by atoms with van der Waals surface area (Å²) in [5.74, 6) is 0.688. The van der Waals surface area contributed by atoms with Crippen LogP contribution in [0.5, 0.6) is 11.5 Å². The van der Waals surface area contributed by atoms with Crippen molar-refractivity contribution in [3.63, 3.8) is 0 Å². The average molecular weight is 322 g/mol. The maximum atomic E-state index is 12.1. The van der Waals surface area contributed by atoms with Crippen molar-refractivity contribution in [3.8, 4) is 11.5 Å². The van der Waals surface area contributed by atoms with E-state index in [2.05, 4.69) is 5.32 Å².